The van der Waals surface area contributed by atoms with Gasteiger partial charge in [-0.1, -0.05) is 29.8 Å². The molecule has 17 heavy (non-hydrogen) atoms. The standard InChI is InChI=1S/C12H12ClN3S/c1-8-7-17-11(10(8)13)12(16-14)15-9-5-3-2-4-6-9/h2-7H,14H2,1H3,(H,15,16). The summed E-state index contributed by atoms with van der Waals surface area (Å²) in [4.78, 5) is 5.28. The van der Waals surface area contributed by atoms with E-state index in [1.165, 1.54) is 11.3 Å². The predicted octanol–water partition coefficient (Wildman–Crippen LogP) is 3.25. The van der Waals surface area contributed by atoms with Crippen LogP contribution in [0.3, 0.4) is 0 Å². The number of benzene rings is 1. The van der Waals surface area contributed by atoms with Crippen LogP contribution in [0.4, 0.5) is 5.69 Å². The molecular weight excluding hydrogens is 254 g/mol. The van der Waals surface area contributed by atoms with Gasteiger partial charge in [0, 0.05) is 0 Å². The van der Waals surface area contributed by atoms with Crippen LogP contribution >= 0.6 is 22.9 Å². The number of halogens is 1. The molecule has 0 fully saturated rings. The van der Waals surface area contributed by atoms with E-state index in [-0.39, 0.29) is 0 Å². The van der Waals surface area contributed by atoms with Gasteiger partial charge in [0.25, 0.3) is 0 Å². The number of nitrogens with zero attached hydrogens (tertiary/aromatic N) is 1. The second-order valence-corrected chi connectivity index (χ2v) is 4.76. The minimum Gasteiger partial charge on any atom is -0.307 e. The van der Waals surface area contributed by atoms with E-state index >= 15 is 0 Å². The normalized spacial score (nSPS) is 11.6. The molecule has 2 aromatic rings. The van der Waals surface area contributed by atoms with E-state index in [2.05, 4.69) is 10.4 Å². The average Bonchev–Trinajstić information content (AvgIpc) is 2.69. The van der Waals surface area contributed by atoms with E-state index < -0.39 is 0 Å². The summed E-state index contributed by atoms with van der Waals surface area (Å²) in [6, 6.07) is 9.61. The summed E-state index contributed by atoms with van der Waals surface area (Å²) < 4.78 is 0. The number of nitrogens with two attached hydrogens (primary N) is 1. The topological polar surface area (TPSA) is 50.4 Å². The fourth-order valence-electron chi connectivity index (χ4n) is 1.37. The van der Waals surface area contributed by atoms with Gasteiger partial charge >= 0.3 is 0 Å². The van der Waals surface area contributed by atoms with Gasteiger partial charge in [-0.15, -0.1) is 11.3 Å². The third-order valence-electron chi connectivity index (χ3n) is 2.25. The number of hydrazine groups is 1. The first-order valence-corrected chi connectivity index (χ1v) is 6.32. The van der Waals surface area contributed by atoms with Gasteiger partial charge in [0.1, 0.15) is 0 Å². The predicted molar refractivity (Wildman–Crippen MR) is 74.0 cm³/mol. The van der Waals surface area contributed by atoms with E-state index in [1.807, 2.05) is 42.6 Å². The molecule has 0 saturated heterocycles. The Bertz CT molecular complexity index is 534. The molecule has 2 rings (SSSR count). The Balaban J connectivity index is 2.41. The maximum Gasteiger partial charge on any atom is 0.159 e. The zero-order valence-electron chi connectivity index (χ0n) is 9.27. The monoisotopic (exact) mass is 265 g/mol. The summed E-state index contributed by atoms with van der Waals surface area (Å²) >= 11 is 7.71. The summed E-state index contributed by atoms with van der Waals surface area (Å²) in [7, 11) is 0. The van der Waals surface area contributed by atoms with Gasteiger partial charge in [-0.3, -0.25) is 0 Å². The molecule has 0 radical (unpaired) electrons. The first kappa shape index (κ1) is 12.1. The Morgan fingerprint density at radius 3 is 2.59 bits per heavy atom. The quantitative estimate of drug-likeness (QED) is 0.379. The molecule has 88 valence electrons. The molecule has 1 aromatic carbocycles. The zero-order valence-corrected chi connectivity index (χ0v) is 10.8. The second kappa shape index (κ2) is 5.31. The highest BCUT2D eigenvalue weighted by Gasteiger charge is 2.11. The molecule has 0 atom stereocenters. The number of rotatable bonds is 2. The molecule has 0 saturated carbocycles. The third-order valence-corrected chi connectivity index (χ3v) is 3.95. The fourth-order valence-corrected chi connectivity index (χ4v) is 2.61. The van der Waals surface area contributed by atoms with Crippen LogP contribution in [0.5, 0.6) is 0 Å². The average molecular weight is 266 g/mol. The number of thiophene rings is 1. The number of aliphatic imine (C=N–C) groups is 1. The Kier molecular flexibility index (Phi) is 3.78. The smallest absolute Gasteiger partial charge is 0.159 e. The van der Waals surface area contributed by atoms with Gasteiger partial charge in [-0.2, -0.15) is 0 Å². The molecule has 0 bridgehead atoms. The molecule has 1 heterocycles. The number of aryl methyl sites for hydroxylation is 1. The Hall–Kier alpha value is -1.36. The van der Waals surface area contributed by atoms with Gasteiger partial charge in [-0.05, 0) is 30.0 Å². The lowest BCUT2D eigenvalue weighted by Gasteiger charge is -2.04. The number of hydrogen-bond acceptors (Lipinski definition) is 3. The highest BCUT2D eigenvalue weighted by atomic mass is 35.5. The van der Waals surface area contributed by atoms with E-state index in [4.69, 9.17) is 17.4 Å². The first-order chi connectivity index (χ1) is 8.22. The van der Waals surface area contributed by atoms with Crippen LogP contribution in [-0.2, 0) is 0 Å². The van der Waals surface area contributed by atoms with E-state index in [0.717, 1.165) is 16.1 Å². The van der Waals surface area contributed by atoms with Crippen LogP contribution in [0, 0.1) is 6.92 Å². The largest absolute Gasteiger partial charge is 0.307 e. The van der Waals surface area contributed by atoms with Gasteiger partial charge in [0.15, 0.2) is 5.84 Å². The lowest BCUT2D eigenvalue weighted by atomic mass is 10.3. The Morgan fingerprint density at radius 1 is 1.35 bits per heavy atom. The molecule has 0 aliphatic carbocycles. The SMILES string of the molecule is Cc1csc(C(=Nc2ccccc2)NN)c1Cl. The van der Waals surface area contributed by atoms with Crippen molar-refractivity contribution in [1.29, 1.82) is 0 Å². The Morgan fingerprint density at radius 2 is 2.06 bits per heavy atom. The van der Waals surface area contributed by atoms with Crippen molar-refractivity contribution in [2.45, 2.75) is 6.92 Å². The Labute approximate surface area is 109 Å². The molecule has 1 aromatic heterocycles. The van der Waals surface area contributed by atoms with Crippen molar-refractivity contribution in [2.24, 2.45) is 10.8 Å². The number of para-hydroxylation sites is 1. The lowest BCUT2D eigenvalue weighted by Crippen LogP contribution is -2.30. The first-order valence-electron chi connectivity index (χ1n) is 5.06. The molecule has 0 amide bonds. The summed E-state index contributed by atoms with van der Waals surface area (Å²) in [5.41, 5.74) is 4.46. The zero-order chi connectivity index (χ0) is 12.3. The van der Waals surface area contributed by atoms with Crippen molar-refractivity contribution in [3.63, 3.8) is 0 Å². The van der Waals surface area contributed by atoms with Crippen molar-refractivity contribution < 1.29 is 0 Å². The molecule has 0 aliphatic heterocycles. The van der Waals surface area contributed by atoms with Crippen molar-refractivity contribution in [1.82, 2.24) is 5.43 Å². The maximum absolute atomic E-state index is 6.18. The van der Waals surface area contributed by atoms with Crippen LogP contribution in [0.25, 0.3) is 0 Å². The van der Waals surface area contributed by atoms with Crippen LogP contribution in [0.1, 0.15) is 10.4 Å². The van der Waals surface area contributed by atoms with Gasteiger partial charge in [0.2, 0.25) is 0 Å². The van der Waals surface area contributed by atoms with Gasteiger partial charge in [0.05, 0.1) is 15.6 Å². The number of hydrogen-bond donors (Lipinski definition) is 2. The summed E-state index contributed by atoms with van der Waals surface area (Å²) in [5.74, 6) is 6.08. The molecule has 3 nitrogen and oxygen atoms in total. The number of amidine groups is 1. The third kappa shape index (κ3) is 2.66. The van der Waals surface area contributed by atoms with Gasteiger partial charge in [-0.25, -0.2) is 10.8 Å². The molecule has 3 N–H and O–H groups in total. The highest BCUT2D eigenvalue weighted by Crippen LogP contribution is 2.28. The molecule has 0 spiro atoms. The summed E-state index contributed by atoms with van der Waals surface area (Å²) in [6.07, 6.45) is 0. The highest BCUT2D eigenvalue weighted by molar-refractivity contribution is 7.13. The van der Waals surface area contributed by atoms with E-state index in [9.17, 15) is 0 Å². The number of nitrogens with one attached hydrogen (secondary N) is 1. The summed E-state index contributed by atoms with van der Waals surface area (Å²) in [6.45, 7) is 1.96. The minimum absolute atomic E-state index is 0.583. The fraction of sp³-hybridized carbons (Fsp3) is 0.0833. The van der Waals surface area contributed by atoms with E-state index in [1.54, 1.807) is 0 Å². The molecule has 0 aliphatic rings. The van der Waals surface area contributed by atoms with Crippen LogP contribution in [-0.4, -0.2) is 5.84 Å². The van der Waals surface area contributed by atoms with Crippen molar-refractivity contribution in [2.75, 3.05) is 0 Å². The minimum atomic E-state index is 0.583. The molecule has 0 unspecified atom stereocenters. The van der Waals surface area contributed by atoms with E-state index in [0.29, 0.717) is 10.9 Å². The summed E-state index contributed by atoms with van der Waals surface area (Å²) in [5, 5.41) is 2.68. The molecule has 5 heteroatoms. The van der Waals surface area contributed by atoms with Crippen LogP contribution in [0.15, 0.2) is 40.7 Å². The van der Waals surface area contributed by atoms with Crippen molar-refractivity contribution in [3.05, 3.63) is 51.2 Å². The van der Waals surface area contributed by atoms with Crippen molar-refractivity contribution >= 4 is 34.5 Å². The second-order valence-electron chi connectivity index (χ2n) is 3.50. The molecular formula is C12H12ClN3S. The van der Waals surface area contributed by atoms with Crippen LogP contribution in [0.2, 0.25) is 5.02 Å². The van der Waals surface area contributed by atoms with Gasteiger partial charge < -0.3 is 5.43 Å². The van der Waals surface area contributed by atoms with Crippen LogP contribution < -0.4 is 11.3 Å². The lowest BCUT2D eigenvalue weighted by molar-refractivity contribution is 1.03. The van der Waals surface area contributed by atoms with Crippen molar-refractivity contribution in [3.8, 4) is 0 Å². The maximum atomic E-state index is 6.18.